The molecule has 0 saturated heterocycles. The molecule has 7 nitrogen and oxygen atoms in total. The number of benzene rings is 1. The molecule has 3 N–H and O–H groups in total. The molecule has 2 heterocycles. The minimum Gasteiger partial charge on any atom is -0.480 e. The number of aliphatic carboxylic acids is 1. The fourth-order valence-electron chi connectivity index (χ4n) is 4.47. The van der Waals surface area contributed by atoms with Crippen LogP contribution in [0.3, 0.4) is 0 Å². The first-order valence-corrected chi connectivity index (χ1v) is 10.2. The van der Waals surface area contributed by atoms with Crippen LogP contribution in [0.2, 0.25) is 0 Å². The second-order valence-electron chi connectivity index (χ2n) is 8.15. The predicted molar refractivity (Wildman–Crippen MR) is 106 cm³/mol. The van der Waals surface area contributed by atoms with Gasteiger partial charge in [-0.25, -0.2) is 9.48 Å². The monoisotopic (exact) mass is 436 g/mol. The summed E-state index contributed by atoms with van der Waals surface area (Å²) in [5.41, 5.74) is -0.855. The van der Waals surface area contributed by atoms with Crippen LogP contribution in [0.5, 0.6) is 0 Å². The van der Waals surface area contributed by atoms with Gasteiger partial charge in [-0.15, -0.1) is 0 Å². The van der Waals surface area contributed by atoms with Crippen molar-refractivity contribution in [3.63, 3.8) is 0 Å². The van der Waals surface area contributed by atoms with Gasteiger partial charge >= 0.3 is 12.1 Å². The van der Waals surface area contributed by atoms with Gasteiger partial charge in [0, 0.05) is 6.42 Å². The summed E-state index contributed by atoms with van der Waals surface area (Å²) in [7, 11) is 0. The summed E-state index contributed by atoms with van der Waals surface area (Å²) >= 11 is 0. The molecular weight excluding hydrogens is 413 g/mol. The molecule has 1 saturated carbocycles. The van der Waals surface area contributed by atoms with Crippen molar-refractivity contribution in [1.82, 2.24) is 15.1 Å². The molecule has 10 heteroatoms. The normalized spacial score (nSPS) is 22.8. The van der Waals surface area contributed by atoms with Crippen LogP contribution in [-0.2, 0) is 4.79 Å². The molecule has 0 unspecified atom stereocenters. The highest BCUT2D eigenvalue weighted by molar-refractivity contribution is 6.01. The van der Waals surface area contributed by atoms with Crippen LogP contribution in [0.1, 0.15) is 66.5 Å². The lowest BCUT2D eigenvalue weighted by Crippen LogP contribution is -2.55. The lowest BCUT2D eigenvalue weighted by molar-refractivity contribution is -0.173. The van der Waals surface area contributed by atoms with Gasteiger partial charge in [0.25, 0.3) is 5.91 Å². The number of alkyl halides is 3. The number of amides is 1. The second kappa shape index (κ2) is 7.90. The number of hydrogen-bond donors (Lipinski definition) is 3. The number of nitrogens with zero attached hydrogens (tertiary/aromatic N) is 2. The van der Waals surface area contributed by atoms with Gasteiger partial charge in [0.2, 0.25) is 0 Å². The number of fused-ring (bicyclic) bond motifs is 1. The Labute approximate surface area is 176 Å². The van der Waals surface area contributed by atoms with E-state index in [-0.39, 0.29) is 30.6 Å². The third-order valence-corrected chi connectivity index (χ3v) is 6.15. The maximum absolute atomic E-state index is 13.8. The minimum atomic E-state index is -4.56. The quantitative estimate of drug-likeness (QED) is 0.672. The number of halogens is 3. The summed E-state index contributed by atoms with van der Waals surface area (Å²) in [5.74, 6) is -1.94. The molecule has 31 heavy (non-hydrogen) atoms. The molecule has 2 atom stereocenters. The number of carboxylic acid groups (broad SMARTS) is 1. The van der Waals surface area contributed by atoms with Gasteiger partial charge in [0.1, 0.15) is 16.9 Å². The van der Waals surface area contributed by atoms with Crippen molar-refractivity contribution in [2.45, 2.75) is 62.3 Å². The summed E-state index contributed by atoms with van der Waals surface area (Å²) in [4.78, 5) is 24.9. The van der Waals surface area contributed by atoms with Crippen molar-refractivity contribution in [1.29, 1.82) is 0 Å². The van der Waals surface area contributed by atoms with Gasteiger partial charge in [0.15, 0.2) is 6.04 Å². The van der Waals surface area contributed by atoms with E-state index in [1.165, 1.54) is 0 Å². The molecule has 1 aliphatic heterocycles. The molecule has 0 radical (unpaired) electrons. The van der Waals surface area contributed by atoms with Crippen molar-refractivity contribution in [3.8, 4) is 0 Å². The van der Waals surface area contributed by atoms with Crippen LogP contribution < -0.4 is 10.6 Å². The number of rotatable bonds is 4. The molecule has 1 aromatic carbocycles. The largest absolute Gasteiger partial charge is 0.480 e. The van der Waals surface area contributed by atoms with Gasteiger partial charge in [-0.05, 0) is 18.4 Å². The van der Waals surface area contributed by atoms with Crippen LogP contribution in [0.25, 0.3) is 0 Å². The molecule has 0 spiro atoms. The SMILES string of the molecule is O=C(NC1(C(=O)O)CCCCC1)c1cnn2c1N[C@H](c1ccccc1)C[C@@H]2C(F)(F)F. The van der Waals surface area contributed by atoms with Gasteiger partial charge in [-0.3, -0.25) is 4.79 Å². The lowest BCUT2D eigenvalue weighted by Gasteiger charge is -2.35. The van der Waals surface area contributed by atoms with Crippen molar-refractivity contribution in [3.05, 3.63) is 47.7 Å². The van der Waals surface area contributed by atoms with E-state index in [0.29, 0.717) is 18.4 Å². The summed E-state index contributed by atoms with van der Waals surface area (Å²) in [6.07, 6.45) is -1.01. The van der Waals surface area contributed by atoms with E-state index in [1.54, 1.807) is 30.3 Å². The Morgan fingerprint density at radius 1 is 1.16 bits per heavy atom. The molecule has 1 aromatic heterocycles. The predicted octanol–water partition coefficient (Wildman–Crippen LogP) is 4.06. The maximum atomic E-state index is 13.8. The molecule has 1 fully saturated rings. The number of carbonyl (C=O) groups excluding carboxylic acids is 1. The summed E-state index contributed by atoms with van der Waals surface area (Å²) < 4.78 is 42.2. The van der Waals surface area contributed by atoms with E-state index < -0.39 is 35.7 Å². The van der Waals surface area contributed by atoms with E-state index in [1.807, 2.05) is 0 Å². The fourth-order valence-corrected chi connectivity index (χ4v) is 4.47. The number of nitrogens with one attached hydrogen (secondary N) is 2. The van der Waals surface area contributed by atoms with Crippen LogP contribution >= 0.6 is 0 Å². The van der Waals surface area contributed by atoms with Crippen molar-refractivity contribution in [2.24, 2.45) is 0 Å². The van der Waals surface area contributed by atoms with E-state index in [4.69, 9.17) is 0 Å². The number of aromatic nitrogens is 2. The Morgan fingerprint density at radius 3 is 2.45 bits per heavy atom. The summed E-state index contributed by atoms with van der Waals surface area (Å²) in [6.45, 7) is 0. The summed E-state index contributed by atoms with van der Waals surface area (Å²) in [5, 5.41) is 19.1. The average molecular weight is 436 g/mol. The van der Waals surface area contributed by atoms with E-state index >= 15 is 0 Å². The smallest absolute Gasteiger partial charge is 0.410 e. The highest BCUT2D eigenvalue weighted by atomic mass is 19.4. The van der Waals surface area contributed by atoms with Crippen LogP contribution in [0, 0.1) is 0 Å². The van der Waals surface area contributed by atoms with Crippen molar-refractivity contribution in [2.75, 3.05) is 5.32 Å². The second-order valence-corrected chi connectivity index (χ2v) is 8.15. The number of carboxylic acids is 1. The standard InChI is InChI=1S/C21H23F3N4O3/c22-21(23,24)16-11-15(13-7-3-1-4-8-13)26-17-14(12-25-28(16)17)18(29)27-20(19(30)31)9-5-2-6-10-20/h1,3-4,7-8,12,15-16,26H,2,5-6,9-11H2,(H,27,29)(H,30,31)/t15-,16+/m0/s1. The van der Waals surface area contributed by atoms with Gasteiger partial charge in [-0.1, -0.05) is 49.6 Å². The lowest BCUT2D eigenvalue weighted by atomic mass is 9.81. The molecule has 0 bridgehead atoms. The molecule has 4 rings (SSSR count). The zero-order valence-corrected chi connectivity index (χ0v) is 16.7. The van der Waals surface area contributed by atoms with Gasteiger partial charge < -0.3 is 15.7 Å². The Kier molecular flexibility index (Phi) is 5.40. The molecule has 1 amide bonds. The highest BCUT2D eigenvalue weighted by Crippen LogP contribution is 2.44. The Hall–Kier alpha value is -3.04. The fraction of sp³-hybridized carbons (Fsp3) is 0.476. The van der Waals surface area contributed by atoms with Crippen LogP contribution in [0.4, 0.5) is 19.0 Å². The maximum Gasteiger partial charge on any atom is 0.410 e. The topological polar surface area (TPSA) is 96.2 Å². The van der Waals surface area contributed by atoms with Gasteiger partial charge in [0.05, 0.1) is 12.2 Å². The molecule has 2 aliphatic rings. The van der Waals surface area contributed by atoms with E-state index in [9.17, 15) is 27.9 Å². The Balaban J connectivity index is 1.68. The van der Waals surface area contributed by atoms with Crippen molar-refractivity contribution >= 4 is 17.7 Å². The van der Waals surface area contributed by atoms with Crippen LogP contribution in [-0.4, -0.2) is 38.5 Å². The highest BCUT2D eigenvalue weighted by Gasteiger charge is 2.48. The number of anilines is 1. The van der Waals surface area contributed by atoms with Crippen LogP contribution in [0.15, 0.2) is 36.5 Å². The first-order valence-electron chi connectivity index (χ1n) is 10.2. The summed E-state index contributed by atoms with van der Waals surface area (Å²) in [6, 6.07) is 6.10. The third kappa shape index (κ3) is 3.98. The third-order valence-electron chi connectivity index (χ3n) is 6.15. The number of hydrogen-bond acceptors (Lipinski definition) is 4. The van der Waals surface area contributed by atoms with Gasteiger partial charge in [-0.2, -0.15) is 18.3 Å². The Bertz CT molecular complexity index is 968. The van der Waals surface area contributed by atoms with E-state index in [0.717, 1.165) is 17.3 Å². The minimum absolute atomic E-state index is 0.0590. The molecule has 2 aromatic rings. The average Bonchev–Trinajstić information content (AvgIpc) is 3.17. The first-order chi connectivity index (χ1) is 14.7. The molecule has 166 valence electrons. The first kappa shape index (κ1) is 21.2. The molecular formula is C21H23F3N4O3. The zero-order valence-electron chi connectivity index (χ0n) is 16.7. The Morgan fingerprint density at radius 2 is 1.84 bits per heavy atom. The zero-order chi connectivity index (χ0) is 22.2. The van der Waals surface area contributed by atoms with E-state index in [2.05, 4.69) is 15.7 Å². The van der Waals surface area contributed by atoms with Crippen molar-refractivity contribution < 1.29 is 27.9 Å². The molecule has 1 aliphatic carbocycles. The number of carbonyl (C=O) groups is 2.